The summed E-state index contributed by atoms with van der Waals surface area (Å²) in [5, 5.41) is 11.8. The van der Waals surface area contributed by atoms with Crippen LogP contribution >= 0.6 is 0 Å². The summed E-state index contributed by atoms with van der Waals surface area (Å²) in [6.45, 7) is 2.09. The molecule has 0 saturated carbocycles. The van der Waals surface area contributed by atoms with E-state index in [-0.39, 0.29) is 12.5 Å². The van der Waals surface area contributed by atoms with Crippen molar-refractivity contribution in [1.82, 2.24) is 4.90 Å². The van der Waals surface area contributed by atoms with E-state index in [0.29, 0.717) is 18.2 Å². The largest absolute Gasteiger partial charge is 0.399 e. The molecule has 0 aliphatic carbocycles. The second-order valence-corrected chi connectivity index (χ2v) is 5.62. The van der Waals surface area contributed by atoms with Gasteiger partial charge in [-0.2, -0.15) is 0 Å². The molecule has 116 valence electrons. The lowest BCUT2D eigenvalue weighted by Crippen LogP contribution is -2.32. The van der Waals surface area contributed by atoms with Gasteiger partial charge in [-0.05, 0) is 50.4 Å². The minimum Gasteiger partial charge on any atom is -0.399 e. The van der Waals surface area contributed by atoms with E-state index in [1.165, 1.54) is 12.8 Å². The van der Waals surface area contributed by atoms with Crippen molar-refractivity contribution in [1.29, 1.82) is 0 Å². The summed E-state index contributed by atoms with van der Waals surface area (Å²) in [7, 11) is 0. The molecule has 5 nitrogen and oxygen atoms in total. The Morgan fingerprint density at radius 3 is 3.10 bits per heavy atom. The zero-order chi connectivity index (χ0) is 15.1. The van der Waals surface area contributed by atoms with Gasteiger partial charge < -0.3 is 16.2 Å². The topological polar surface area (TPSA) is 78.6 Å². The average molecular weight is 291 g/mol. The molecule has 1 fully saturated rings. The predicted molar refractivity (Wildman–Crippen MR) is 85.0 cm³/mol. The van der Waals surface area contributed by atoms with Crippen LogP contribution < -0.4 is 11.1 Å². The number of nitrogen functional groups attached to an aromatic ring is 1. The zero-order valence-electron chi connectivity index (χ0n) is 12.4. The number of aliphatic hydroxyl groups is 1. The molecule has 4 N–H and O–H groups in total. The smallest absolute Gasteiger partial charge is 0.225 e. The van der Waals surface area contributed by atoms with E-state index in [0.717, 1.165) is 31.6 Å². The fraction of sp³-hybridized carbons (Fsp3) is 0.562. The Morgan fingerprint density at radius 1 is 1.48 bits per heavy atom. The van der Waals surface area contributed by atoms with E-state index in [1.54, 1.807) is 12.1 Å². The molecule has 2 rings (SSSR count). The van der Waals surface area contributed by atoms with Crippen molar-refractivity contribution in [3.63, 3.8) is 0 Å². The van der Waals surface area contributed by atoms with Gasteiger partial charge >= 0.3 is 0 Å². The summed E-state index contributed by atoms with van der Waals surface area (Å²) in [6.07, 6.45) is 4.72. The van der Waals surface area contributed by atoms with Crippen molar-refractivity contribution < 1.29 is 9.90 Å². The van der Waals surface area contributed by atoms with Gasteiger partial charge in [0.05, 0.1) is 0 Å². The van der Waals surface area contributed by atoms with E-state index >= 15 is 0 Å². The standard InChI is InChI=1S/C16H25N3O2/c17-13-4-1-5-14(12-13)18-16(21)8-10-19-9-2-6-15(19)7-3-11-20/h1,4-5,12,15,20H,2-3,6-11,17H2,(H,18,21). The zero-order valence-corrected chi connectivity index (χ0v) is 12.4. The SMILES string of the molecule is Nc1cccc(NC(=O)CCN2CCCC2CCCO)c1. The Bertz CT molecular complexity index is 465. The first-order valence-electron chi connectivity index (χ1n) is 7.69. The molecule has 5 heteroatoms. The van der Waals surface area contributed by atoms with Gasteiger partial charge in [0, 0.05) is 37.0 Å². The van der Waals surface area contributed by atoms with Gasteiger partial charge in [-0.1, -0.05) is 6.07 Å². The highest BCUT2D eigenvalue weighted by Crippen LogP contribution is 2.21. The van der Waals surface area contributed by atoms with Gasteiger partial charge in [0.1, 0.15) is 0 Å². The Morgan fingerprint density at radius 2 is 2.33 bits per heavy atom. The van der Waals surface area contributed by atoms with Crippen LogP contribution in [0, 0.1) is 0 Å². The number of likely N-dealkylation sites (tertiary alicyclic amines) is 1. The molecule has 1 aromatic rings. The monoisotopic (exact) mass is 291 g/mol. The van der Waals surface area contributed by atoms with Crippen LogP contribution in [0.25, 0.3) is 0 Å². The number of nitrogens with one attached hydrogen (secondary N) is 1. The predicted octanol–water partition coefficient (Wildman–Crippen LogP) is 1.83. The first kappa shape index (κ1) is 15.8. The van der Waals surface area contributed by atoms with Crippen molar-refractivity contribution in [3.05, 3.63) is 24.3 Å². The van der Waals surface area contributed by atoms with Crippen molar-refractivity contribution in [2.24, 2.45) is 0 Å². The van der Waals surface area contributed by atoms with Crippen LogP contribution in [0.1, 0.15) is 32.1 Å². The van der Waals surface area contributed by atoms with E-state index in [2.05, 4.69) is 10.2 Å². The minimum atomic E-state index is 0.0217. The number of hydrogen-bond donors (Lipinski definition) is 3. The molecule has 0 aromatic heterocycles. The first-order valence-corrected chi connectivity index (χ1v) is 7.69. The van der Waals surface area contributed by atoms with Crippen LogP contribution in [0.3, 0.4) is 0 Å². The fourth-order valence-corrected chi connectivity index (χ4v) is 2.93. The van der Waals surface area contributed by atoms with Crippen LogP contribution in [-0.4, -0.2) is 41.7 Å². The molecular weight excluding hydrogens is 266 g/mol. The highest BCUT2D eigenvalue weighted by molar-refractivity contribution is 5.91. The van der Waals surface area contributed by atoms with E-state index in [4.69, 9.17) is 10.8 Å². The third-order valence-electron chi connectivity index (χ3n) is 3.99. The number of carbonyl (C=O) groups is 1. The molecule has 1 saturated heterocycles. The quantitative estimate of drug-likeness (QED) is 0.670. The summed E-state index contributed by atoms with van der Waals surface area (Å²) >= 11 is 0. The van der Waals surface area contributed by atoms with Gasteiger partial charge in [0.15, 0.2) is 0 Å². The molecule has 1 amide bonds. The van der Waals surface area contributed by atoms with Crippen LogP contribution in [0.5, 0.6) is 0 Å². The lowest BCUT2D eigenvalue weighted by atomic mass is 10.1. The maximum Gasteiger partial charge on any atom is 0.225 e. The average Bonchev–Trinajstić information content (AvgIpc) is 2.90. The van der Waals surface area contributed by atoms with Gasteiger partial charge in [-0.15, -0.1) is 0 Å². The van der Waals surface area contributed by atoms with Crippen LogP contribution in [0.15, 0.2) is 24.3 Å². The number of aliphatic hydroxyl groups excluding tert-OH is 1. The van der Waals surface area contributed by atoms with E-state index in [1.807, 2.05) is 12.1 Å². The van der Waals surface area contributed by atoms with E-state index < -0.39 is 0 Å². The molecule has 1 aliphatic heterocycles. The lowest BCUT2D eigenvalue weighted by Gasteiger charge is -2.23. The lowest BCUT2D eigenvalue weighted by molar-refractivity contribution is -0.116. The highest BCUT2D eigenvalue weighted by Gasteiger charge is 2.23. The van der Waals surface area contributed by atoms with E-state index in [9.17, 15) is 4.79 Å². The molecule has 1 aromatic carbocycles. The molecule has 21 heavy (non-hydrogen) atoms. The summed E-state index contributed by atoms with van der Waals surface area (Å²) in [5.41, 5.74) is 7.09. The van der Waals surface area contributed by atoms with Gasteiger partial charge in [-0.3, -0.25) is 9.69 Å². The Balaban J connectivity index is 1.75. The second kappa shape index (κ2) is 8.00. The number of carbonyl (C=O) groups excluding carboxylic acids is 1. The van der Waals surface area contributed by atoms with Gasteiger partial charge in [0.2, 0.25) is 5.91 Å². The molecule has 1 unspecified atom stereocenters. The number of benzene rings is 1. The third kappa shape index (κ3) is 5.02. The maximum atomic E-state index is 12.0. The molecule has 0 radical (unpaired) electrons. The van der Waals surface area contributed by atoms with Crippen LogP contribution in [0.4, 0.5) is 11.4 Å². The maximum absolute atomic E-state index is 12.0. The summed E-state index contributed by atoms with van der Waals surface area (Å²) in [6, 6.07) is 7.76. The second-order valence-electron chi connectivity index (χ2n) is 5.62. The molecule has 1 heterocycles. The van der Waals surface area contributed by atoms with Crippen molar-refractivity contribution >= 4 is 17.3 Å². The highest BCUT2D eigenvalue weighted by atomic mass is 16.2. The Kier molecular flexibility index (Phi) is 6.02. The van der Waals surface area contributed by atoms with Crippen LogP contribution in [0.2, 0.25) is 0 Å². The summed E-state index contributed by atoms with van der Waals surface area (Å²) in [5.74, 6) is 0.0217. The van der Waals surface area contributed by atoms with Gasteiger partial charge in [0.25, 0.3) is 0 Å². The van der Waals surface area contributed by atoms with Crippen molar-refractivity contribution in [2.75, 3.05) is 30.7 Å². The molecule has 1 atom stereocenters. The number of nitrogens with zero attached hydrogens (tertiary/aromatic N) is 1. The number of hydrogen-bond acceptors (Lipinski definition) is 4. The van der Waals surface area contributed by atoms with Crippen molar-refractivity contribution in [3.8, 4) is 0 Å². The normalized spacial score (nSPS) is 18.8. The number of amides is 1. The first-order chi connectivity index (χ1) is 10.2. The summed E-state index contributed by atoms with van der Waals surface area (Å²) in [4.78, 5) is 14.4. The van der Waals surface area contributed by atoms with Crippen LogP contribution in [-0.2, 0) is 4.79 Å². The minimum absolute atomic E-state index is 0.0217. The third-order valence-corrected chi connectivity index (χ3v) is 3.99. The molecule has 0 bridgehead atoms. The Labute approximate surface area is 126 Å². The number of nitrogens with two attached hydrogens (primary N) is 1. The number of rotatable bonds is 7. The van der Waals surface area contributed by atoms with Gasteiger partial charge in [-0.25, -0.2) is 0 Å². The molecule has 1 aliphatic rings. The number of anilines is 2. The van der Waals surface area contributed by atoms with Crippen molar-refractivity contribution in [2.45, 2.75) is 38.1 Å². The summed E-state index contributed by atoms with van der Waals surface area (Å²) < 4.78 is 0. The molecule has 0 spiro atoms. The fourth-order valence-electron chi connectivity index (χ4n) is 2.93. The Hall–Kier alpha value is -1.59. The molecular formula is C16H25N3O2.